The van der Waals surface area contributed by atoms with Crippen LogP contribution >= 0.6 is 0 Å². The highest BCUT2D eigenvalue weighted by Crippen LogP contribution is 2.23. The van der Waals surface area contributed by atoms with Crippen LogP contribution in [0.3, 0.4) is 0 Å². The number of aromatic nitrogens is 5. The van der Waals surface area contributed by atoms with Crippen molar-refractivity contribution < 1.29 is 0 Å². The molecule has 1 atom stereocenters. The largest absolute Gasteiger partial charge is 0.365 e. The van der Waals surface area contributed by atoms with Crippen LogP contribution in [0.4, 0.5) is 5.82 Å². The molecule has 0 aromatic carbocycles. The molecule has 1 unspecified atom stereocenters. The Hall–Kier alpha value is -2.54. The second-order valence-electron chi connectivity index (χ2n) is 6.49. The van der Waals surface area contributed by atoms with E-state index in [1.165, 1.54) is 0 Å². The number of fused-ring (bicyclic) bond motifs is 1. The van der Waals surface area contributed by atoms with Gasteiger partial charge in [0, 0.05) is 36.8 Å². The molecule has 3 aromatic rings. The molecule has 4 heterocycles. The van der Waals surface area contributed by atoms with E-state index in [9.17, 15) is 0 Å². The van der Waals surface area contributed by atoms with Gasteiger partial charge in [0.2, 0.25) is 0 Å². The average molecular weight is 323 g/mol. The summed E-state index contributed by atoms with van der Waals surface area (Å²) in [5.74, 6) is 0.816. The van der Waals surface area contributed by atoms with Gasteiger partial charge in [-0.15, -0.1) is 0 Å². The SMILES string of the molecule is Cc1nn(C)c2ncc(-c3cncc(NC4CCN(C)C4)n3)cc12. The van der Waals surface area contributed by atoms with E-state index in [0.717, 1.165) is 53.3 Å². The number of anilines is 1. The zero-order chi connectivity index (χ0) is 16.7. The van der Waals surface area contributed by atoms with Gasteiger partial charge in [-0.2, -0.15) is 5.10 Å². The smallest absolute Gasteiger partial charge is 0.157 e. The Kier molecular flexibility index (Phi) is 3.65. The van der Waals surface area contributed by atoms with Crippen LogP contribution in [0.15, 0.2) is 24.7 Å². The summed E-state index contributed by atoms with van der Waals surface area (Å²) in [6, 6.07) is 2.52. The Morgan fingerprint density at radius 2 is 2.08 bits per heavy atom. The first-order chi connectivity index (χ1) is 11.6. The summed E-state index contributed by atoms with van der Waals surface area (Å²) in [6.45, 7) is 4.15. The third kappa shape index (κ3) is 2.71. The maximum absolute atomic E-state index is 4.72. The molecule has 0 aliphatic carbocycles. The van der Waals surface area contributed by atoms with Gasteiger partial charge in [-0.05, 0) is 33.0 Å². The standard InChI is InChI=1S/C17H21N7/c1-11-14-6-12(7-19-17(14)24(3)22-11)15-8-18-9-16(21-15)20-13-4-5-23(2)10-13/h6-9,13H,4-5,10H2,1-3H3,(H,20,21). The molecule has 0 radical (unpaired) electrons. The van der Waals surface area contributed by atoms with E-state index in [1.54, 1.807) is 17.1 Å². The Morgan fingerprint density at radius 1 is 1.21 bits per heavy atom. The molecule has 1 aliphatic rings. The van der Waals surface area contributed by atoms with E-state index in [0.29, 0.717) is 6.04 Å². The van der Waals surface area contributed by atoms with Crippen LogP contribution in [0.2, 0.25) is 0 Å². The first kappa shape index (κ1) is 15.0. The van der Waals surface area contributed by atoms with Crippen molar-refractivity contribution in [2.45, 2.75) is 19.4 Å². The predicted molar refractivity (Wildman–Crippen MR) is 93.8 cm³/mol. The van der Waals surface area contributed by atoms with Crippen molar-refractivity contribution >= 4 is 16.9 Å². The van der Waals surface area contributed by atoms with Gasteiger partial charge in [-0.3, -0.25) is 9.67 Å². The number of hydrogen-bond donors (Lipinski definition) is 1. The van der Waals surface area contributed by atoms with Crippen molar-refractivity contribution in [1.29, 1.82) is 0 Å². The van der Waals surface area contributed by atoms with Crippen LogP contribution in [-0.2, 0) is 7.05 Å². The molecule has 124 valence electrons. The number of rotatable bonds is 3. The van der Waals surface area contributed by atoms with Crippen molar-refractivity contribution in [1.82, 2.24) is 29.6 Å². The maximum atomic E-state index is 4.72. The molecule has 1 aliphatic heterocycles. The summed E-state index contributed by atoms with van der Waals surface area (Å²) in [4.78, 5) is 15.9. The molecule has 0 amide bonds. The van der Waals surface area contributed by atoms with Crippen molar-refractivity contribution in [2.75, 3.05) is 25.5 Å². The summed E-state index contributed by atoms with van der Waals surface area (Å²) >= 11 is 0. The van der Waals surface area contributed by atoms with E-state index >= 15 is 0 Å². The maximum Gasteiger partial charge on any atom is 0.157 e. The summed E-state index contributed by atoms with van der Waals surface area (Å²) < 4.78 is 1.80. The van der Waals surface area contributed by atoms with Gasteiger partial charge in [0.25, 0.3) is 0 Å². The van der Waals surface area contributed by atoms with Crippen molar-refractivity contribution in [2.24, 2.45) is 7.05 Å². The molecule has 3 aromatic heterocycles. The fourth-order valence-electron chi connectivity index (χ4n) is 3.28. The first-order valence-corrected chi connectivity index (χ1v) is 8.17. The van der Waals surface area contributed by atoms with E-state index in [2.05, 4.69) is 38.4 Å². The number of hydrogen-bond acceptors (Lipinski definition) is 6. The predicted octanol–water partition coefficient (Wildman–Crippen LogP) is 1.85. The quantitative estimate of drug-likeness (QED) is 0.793. The zero-order valence-electron chi connectivity index (χ0n) is 14.2. The lowest BCUT2D eigenvalue weighted by Crippen LogP contribution is -2.24. The second-order valence-corrected chi connectivity index (χ2v) is 6.49. The van der Waals surface area contributed by atoms with Gasteiger partial charge in [-0.1, -0.05) is 0 Å². The van der Waals surface area contributed by atoms with Gasteiger partial charge in [0.1, 0.15) is 5.82 Å². The Labute approximate surface area is 140 Å². The van der Waals surface area contributed by atoms with Crippen molar-refractivity contribution in [3.8, 4) is 11.3 Å². The van der Waals surface area contributed by atoms with E-state index in [4.69, 9.17) is 4.98 Å². The highest BCUT2D eigenvalue weighted by atomic mass is 15.3. The number of likely N-dealkylation sites (tertiary alicyclic amines) is 1. The third-order valence-electron chi connectivity index (χ3n) is 4.54. The Morgan fingerprint density at radius 3 is 2.88 bits per heavy atom. The molecule has 7 nitrogen and oxygen atoms in total. The average Bonchev–Trinajstić information content (AvgIpc) is 3.11. The van der Waals surface area contributed by atoms with Gasteiger partial charge >= 0.3 is 0 Å². The molecule has 0 bridgehead atoms. The highest BCUT2D eigenvalue weighted by Gasteiger charge is 2.19. The van der Waals surface area contributed by atoms with E-state index < -0.39 is 0 Å². The summed E-state index contributed by atoms with van der Waals surface area (Å²) in [7, 11) is 4.05. The van der Waals surface area contributed by atoms with Gasteiger partial charge in [-0.25, -0.2) is 9.97 Å². The minimum atomic E-state index is 0.431. The van der Waals surface area contributed by atoms with Gasteiger partial charge in [0.15, 0.2) is 5.65 Å². The number of likely N-dealkylation sites (N-methyl/N-ethyl adjacent to an activating group) is 1. The first-order valence-electron chi connectivity index (χ1n) is 8.17. The molecule has 24 heavy (non-hydrogen) atoms. The second kappa shape index (κ2) is 5.83. The molecule has 1 fully saturated rings. The number of aryl methyl sites for hydroxylation is 2. The Balaban J connectivity index is 1.64. The lowest BCUT2D eigenvalue weighted by molar-refractivity contribution is 0.414. The highest BCUT2D eigenvalue weighted by molar-refractivity contribution is 5.82. The molecule has 0 spiro atoms. The molecule has 0 saturated carbocycles. The Bertz CT molecular complexity index is 886. The van der Waals surface area contributed by atoms with Gasteiger partial charge < -0.3 is 10.2 Å². The molecule has 4 rings (SSSR count). The summed E-state index contributed by atoms with van der Waals surface area (Å²) in [5.41, 5.74) is 3.63. The molecule has 1 saturated heterocycles. The minimum absolute atomic E-state index is 0.431. The minimum Gasteiger partial charge on any atom is -0.365 e. The molecular weight excluding hydrogens is 302 g/mol. The number of pyridine rings is 1. The van der Waals surface area contributed by atoms with Crippen molar-refractivity contribution in [3.63, 3.8) is 0 Å². The van der Waals surface area contributed by atoms with Crippen LogP contribution in [0.5, 0.6) is 0 Å². The third-order valence-corrected chi connectivity index (χ3v) is 4.54. The number of nitrogens with one attached hydrogen (secondary N) is 1. The molecule has 7 heteroatoms. The normalized spacial score (nSPS) is 18.4. The van der Waals surface area contributed by atoms with Gasteiger partial charge in [0.05, 0.1) is 23.8 Å². The lowest BCUT2D eigenvalue weighted by Gasteiger charge is -2.13. The lowest BCUT2D eigenvalue weighted by atomic mass is 10.1. The fraction of sp³-hybridized carbons (Fsp3) is 0.412. The van der Waals surface area contributed by atoms with Crippen LogP contribution < -0.4 is 5.32 Å². The van der Waals surface area contributed by atoms with E-state index in [1.807, 2.05) is 20.2 Å². The van der Waals surface area contributed by atoms with Crippen LogP contribution in [0.25, 0.3) is 22.3 Å². The molecular formula is C17H21N7. The van der Waals surface area contributed by atoms with Crippen LogP contribution in [-0.4, -0.2) is 55.8 Å². The fourth-order valence-corrected chi connectivity index (χ4v) is 3.28. The van der Waals surface area contributed by atoms with E-state index in [-0.39, 0.29) is 0 Å². The monoisotopic (exact) mass is 323 g/mol. The summed E-state index contributed by atoms with van der Waals surface area (Å²) in [6.07, 6.45) is 6.52. The topological polar surface area (TPSA) is 71.8 Å². The molecule has 1 N–H and O–H groups in total. The summed E-state index contributed by atoms with van der Waals surface area (Å²) in [5, 5.41) is 8.95. The van der Waals surface area contributed by atoms with Crippen molar-refractivity contribution in [3.05, 3.63) is 30.4 Å². The zero-order valence-corrected chi connectivity index (χ0v) is 14.2. The van der Waals surface area contributed by atoms with Crippen LogP contribution in [0, 0.1) is 6.92 Å². The number of nitrogens with zero attached hydrogens (tertiary/aromatic N) is 6. The van der Waals surface area contributed by atoms with Crippen LogP contribution in [0.1, 0.15) is 12.1 Å².